The van der Waals surface area contributed by atoms with Crippen LogP contribution in [0.2, 0.25) is 0 Å². The fourth-order valence-electron chi connectivity index (χ4n) is 3.63. The van der Waals surface area contributed by atoms with Crippen LogP contribution in [0.3, 0.4) is 0 Å². The van der Waals surface area contributed by atoms with E-state index in [1.54, 1.807) is 0 Å². The first-order chi connectivity index (χ1) is 10.2. The Balaban J connectivity index is 1.84. The molecular formula is C17H24N4. The molecule has 0 radical (unpaired) electrons. The zero-order valence-corrected chi connectivity index (χ0v) is 12.8. The number of aromatic nitrogens is 2. The van der Waals surface area contributed by atoms with Crippen molar-refractivity contribution in [2.45, 2.75) is 44.6 Å². The van der Waals surface area contributed by atoms with Crippen molar-refractivity contribution in [3.8, 4) is 0 Å². The van der Waals surface area contributed by atoms with E-state index in [0.717, 1.165) is 12.1 Å². The summed E-state index contributed by atoms with van der Waals surface area (Å²) in [6.45, 7) is 2.05. The van der Waals surface area contributed by atoms with Crippen LogP contribution in [0.1, 0.15) is 53.6 Å². The fourth-order valence-corrected chi connectivity index (χ4v) is 3.63. The number of nitrogens with two attached hydrogens (primary N) is 1. The average Bonchev–Trinajstić information content (AvgIpc) is 2.83. The molecule has 0 aliphatic heterocycles. The highest BCUT2D eigenvalue weighted by Crippen LogP contribution is 2.37. The van der Waals surface area contributed by atoms with E-state index in [2.05, 4.69) is 47.9 Å². The lowest BCUT2D eigenvalue weighted by Crippen LogP contribution is -2.30. The van der Waals surface area contributed by atoms with Crippen LogP contribution in [0.5, 0.6) is 0 Å². The van der Waals surface area contributed by atoms with Crippen LogP contribution in [0.15, 0.2) is 30.5 Å². The van der Waals surface area contributed by atoms with Crippen molar-refractivity contribution in [1.82, 2.24) is 15.2 Å². The van der Waals surface area contributed by atoms with Gasteiger partial charge in [0, 0.05) is 24.8 Å². The number of benzene rings is 1. The Labute approximate surface area is 126 Å². The van der Waals surface area contributed by atoms with Crippen molar-refractivity contribution >= 4 is 0 Å². The Bertz CT molecular complexity index is 617. The molecule has 2 atom stereocenters. The highest BCUT2D eigenvalue weighted by Gasteiger charge is 2.25. The second-order valence-electron chi connectivity index (χ2n) is 6.09. The Hall–Kier alpha value is -1.65. The van der Waals surface area contributed by atoms with E-state index < -0.39 is 0 Å². The number of nitrogens with zero attached hydrogens (tertiary/aromatic N) is 2. The van der Waals surface area contributed by atoms with E-state index in [1.165, 1.54) is 36.0 Å². The molecule has 3 N–H and O–H groups in total. The van der Waals surface area contributed by atoms with Gasteiger partial charge in [-0.3, -0.25) is 16.0 Å². The minimum absolute atomic E-state index is 0.162. The maximum atomic E-state index is 5.83. The highest BCUT2D eigenvalue weighted by molar-refractivity contribution is 5.33. The quantitative estimate of drug-likeness (QED) is 0.670. The fraction of sp³-hybridized carbons (Fsp3) is 0.471. The van der Waals surface area contributed by atoms with Gasteiger partial charge in [-0.2, -0.15) is 5.10 Å². The van der Waals surface area contributed by atoms with Crippen molar-refractivity contribution < 1.29 is 0 Å². The lowest BCUT2D eigenvalue weighted by atomic mass is 9.79. The van der Waals surface area contributed by atoms with Gasteiger partial charge in [0.25, 0.3) is 0 Å². The Morgan fingerprint density at radius 2 is 2.24 bits per heavy atom. The number of rotatable bonds is 4. The third-order valence-electron chi connectivity index (χ3n) is 4.64. The molecule has 0 saturated heterocycles. The van der Waals surface area contributed by atoms with Gasteiger partial charge in [-0.15, -0.1) is 0 Å². The Morgan fingerprint density at radius 1 is 1.43 bits per heavy atom. The van der Waals surface area contributed by atoms with E-state index in [4.69, 9.17) is 5.84 Å². The monoisotopic (exact) mass is 284 g/mol. The standard InChI is InChI=1S/C17H24N4/c1-12-16(11-21(2)20-12)17(19-18)10-14-8-5-7-13-6-3-4-9-15(13)14/h3-4,6,9,11,14,17,19H,5,7-8,10,18H2,1-2H3. The molecule has 112 valence electrons. The number of hydrazine groups is 1. The summed E-state index contributed by atoms with van der Waals surface area (Å²) in [6.07, 6.45) is 6.83. The predicted octanol–water partition coefficient (Wildman–Crippen LogP) is 2.74. The van der Waals surface area contributed by atoms with Crippen LogP contribution in [0, 0.1) is 6.92 Å². The Morgan fingerprint density at radius 3 is 2.95 bits per heavy atom. The van der Waals surface area contributed by atoms with Crippen molar-refractivity contribution in [1.29, 1.82) is 0 Å². The molecule has 0 saturated carbocycles. The van der Waals surface area contributed by atoms with E-state index in [0.29, 0.717) is 5.92 Å². The molecule has 0 spiro atoms. The van der Waals surface area contributed by atoms with Gasteiger partial charge in [-0.25, -0.2) is 0 Å². The first kappa shape index (κ1) is 14.3. The van der Waals surface area contributed by atoms with Gasteiger partial charge in [0.2, 0.25) is 0 Å². The molecule has 4 nitrogen and oxygen atoms in total. The maximum absolute atomic E-state index is 5.83. The lowest BCUT2D eigenvalue weighted by Gasteiger charge is -2.28. The maximum Gasteiger partial charge on any atom is 0.0641 e. The third kappa shape index (κ3) is 2.87. The van der Waals surface area contributed by atoms with Gasteiger partial charge >= 0.3 is 0 Å². The van der Waals surface area contributed by atoms with Gasteiger partial charge in [0.05, 0.1) is 5.69 Å². The normalized spacial score (nSPS) is 19.3. The molecule has 0 amide bonds. The molecular weight excluding hydrogens is 260 g/mol. The first-order valence-corrected chi connectivity index (χ1v) is 7.73. The van der Waals surface area contributed by atoms with Crippen LogP contribution in [0.25, 0.3) is 0 Å². The minimum Gasteiger partial charge on any atom is -0.275 e. The van der Waals surface area contributed by atoms with Crippen molar-refractivity contribution in [3.05, 3.63) is 52.8 Å². The van der Waals surface area contributed by atoms with Crippen LogP contribution in [-0.2, 0) is 13.5 Å². The molecule has 3 rings (SSSR count). The molecule has 0 bridgehead atoms. The summed E-state index contributed by atoms with van der Waals surface area (Å²) in [5.41, 5.74) is 8.28. The van der Waals surface area contributed by atoms with Crippen molar-refractivity contribution in [3.63, 3.8) is 0 Å². The van der Waals surface area contributed by atoms with Gasteiger partial charge in [-0.1, -0.05) is 24.3 Å². The number of fused-ring (bicyclic) bond motifs is 1. The summed E-state index contributed by atoms with van der Waals surface area (Å²) in [7, 11) is 1.96. The molecule has 1 aromatic heterocycles. The van der Waals surface area contributed by atoms with Crippen LogP contribution < -0.4 is 11.3 Å². The van der Waals surface area contributed by atoms with Gasteiger partial charge < -0.3 is 0 Å². The summed E-state index contributed by atoms with van der Waals surface area (Å²) >= 11 is 0. The summed E-state index contributed by atoms with van der Waals surface area (Å²) < 4.78 is 1.86. The molecule has 1 aliphatic rings. The average molecular weight is 284 g/mol. The number of hydrogen-bond donors (Lipinski definition) is 2. The number of hydrogen-bond acceptors (Lipinski definition) is 3. The molecule has 4 heteroatoms. The van der Waals surface area contributed by atoms with E-state index in [-0.39, 0.29) is 6.04 Å². The zero-order valence-electron chi connectivity index (χ0n) is 12.8. The topological polar surface area (TPSA) is 55.9 Å². The smallest absolute Gasteiger partial charge is 0.0641 e. The van der Waals surface area contributed by atoms with Gasteiger partial charge in [0.15, 0.2) is 0 Å². The SMILES string of the molecule is Cc1nn(C)cc1C(CC1CCCc2ccccc21)NN. The minimum atomic E-state index is 0.162. The molecule has 21 heavy (non-hydrogen) atoms. The number of aryl methyl sites for hydroxylation is 3. The first-order valence-electron chi connectivity index (χ1n) is 7.73. The second-order valence-corrected chi connectivity index (χ2v) is 6.09. The number of nitrogens with one attached hydrogen (secondary N) is 1. The predicted molar refractivity (Wildman–Crippen MR) is 84.7 cm³/mol. The van der Waals surface area contributed by atoms with Crippen LogP contribution in [0.4, 0.5) is 0 Å². The summed E-state index contributed by atoms with van der Waals surface area (Å²) in [6, 6.07) is 9.00. The molecule has 1 aromatic carbocycles. The van der Waals surface area contributed by atoms with Crippen molar-refractivity contribution in [2.24, 2.45) is 12.9 Å². The Kier molecular flexibility index (Phi) is 4.08. The molecule has 0 fully saturated rings. The zero-order chi connectivity index (χ0) is 14.8. The second kappa shape index (κ2) is 6.00. The lowest BCUT2D eigenvalue weighted by molar-refractivity contribution is 0.424. The largest absolute Gasteiger partial charge is 0.275 e. The third-order valence-corrected chi connectivity index (χ3v) is 4.64. The molecule has 2 unspecified atom stereocenters. The summed E-state index contributed by atoms with van der Waals surface area (Å²) in [5.74, 6) is 6.41. The molecule has 2 aromatic rings. The molecule has 1 aliphatic carbocycles. The van der Waals surface area contributed by atoms with Crippen LogP contribution >= 0.6 is 0 Å². The summed E-state index contributed by atoms with van der Waals surface area (Å²) in [4.78, 5) is 0. The van der Waals surface area contributed by atoms with E-state index >= 15 is 0 Å². The van der Waals surface area contributed by atoms with Crippen molar-refractivity contribution in [2.75, 3.05) is 0 Å². The molecule has 1 heterocycles. The van der Waals surface area contributed by atoms with Crippen LogP contribution in [-0.4, -0.2) is 9.78 Å². The van der Waals surface area contributed by atoms with Gasteiger partial charge in [0.1, 0.15) is 0 Å². The summed E-state index contributed by atoms with van der Waals surface area (Å²) in [5, 5.41) is 4.44. The van der Waals surface area contributed by atoms with Gasteiger partial charge in [-0.05, 0) is 49.7 Å². The highest BCUT2D eigenvalue weighted by atomic mass is 15.3. The van der Waals surface area contributed by atoms with E-state index in [9.17, 15) is 0 Å². The van der Waals surface area contributed by atoms with E-state index in [1.807, 2.05) is 11.7 Å².